The van der Waals surface area contributed by atoms with Crippen molar-refractivity contribution in [2.24, 2.45) is 11.7 Å². The largest absolute Gasteiger partial charge is 0.364 e. The van der Waals surface area contributed by atoms with Crippen LogP contribution in [0.2, 0.25) is 0 Å². The Bertz CT molecular complexity index is 443. The van der Waals surface area contributed by atoms with E-state index in [1.54, 1.807) is 0 Å². The van der Waals surface area contributed by atoms with Crippen molar-refractivity contribution < 1.29 is 14.3 Å². The van der Waals surface area contributed by atoms with Crippen LogP contribution in [-0.4, -0.2) is 66.5 Å². The molecule has 3 rings (SSSR count). The lowest BCUT2D eigenvalue weighted by Gasteiger charge is -2.36. The minimum Gasteiger partial charge on any atom is -0.364 e. The molecule has 2 saturated heterocycles. The summed E-state index contributed by atoms with van der Waals surface area (Å²) in [6.45, 7) is 3.04. The quantitative estimate of drug-likeness (QED) is 0.816. The molecule has 24 heavy (non-hydrogen) atoms. The van der Waals surface area contributed by atoms with Gasteiger partial charge in [-0.05, 0) is 25.2 Å². The maximum Gasteiger partial charge on any atom is 0.251 e. The molecule has 3 aliphatic rings. The van der Waals surface area contributed by atoms with E-state index in [0.717, 1.165) is 25.2 Å². The van der Waals surface area contributed by atoms with Gasteiger partial charge in [-0.3, -0.25) is 9.59 Å². The number of hydrogen-bond donors (Lipinski definition) is 1. The van der Waals surface area contributed by atoms with E-state index in [1.165, 1.54) is 25.7 Å². The molecular formula is C18H31N3O3. The van der Waals surface area contributed by atoms with E-state index >= 15 is 0 Å². The van der Waals surface area contributed by atoms with Gasteiger partial charge in [0.2, 0.25) is 5.91 Å². The molecule has 1 saturated carbocycles. The Morgan fingerprint density at radius 1 is 0.958 bits per heavy atom. The van der Waals surface area contributed by atoms with E-state index < -0.39 is 0 Å². The van der Waals surface area contributed by atoms with Crippen molar-refractivity contribution >= 4 is 11.8 Å². The summed E-state index contributed by atoms with van der Waals surface area (Å²) >= 11 is 0. The van der Waals surface area contributed by atoms with Crippen LogP contribution >= 0.6 is 0 Å². The lowest BCUT2D eigenvalue weighted by Crippen LogP contribution is -2.53. The number of nitrogens with two attached hydrogens (primary N) is 1. The standard InChI is InChI=1S/C18H31N3O3/c19-13-15-6-7-16(24-15)18(23)21-11-9-20(10-12-21)17(22)8-5-14-3-1-2-4-14/h14-16H,1-13,19H2/t15-,16+/m1/s1. The molecule has 6 nitrogen and oxygen atoms in total. The smallest absolute Gasteiger partial charge is 0.251 e. The Balaban J connectivity index is 1.38. The van der Waals surface area contributed by atoms with Crippen LogP contribution in [0.5, 0.6) is 0 Å². The number of amides is 2. The molecule has 0 unspecified atom stereocenters. The predicted octanol–water partition coefficient (Wildman–Crippen LogP) is 1.13. The van der Waals surface area contributed by atoms with Crippen molar-refractivity contribution in [2.45, 2.75) is 63.6 Å². The van der Waals surface area contributed by atoms with Crippen LogP contribution in [0.1, 0.15) is 51.4 Å². The number of hydrogen-bond acceptors (Lipinski definition) is 4. The highest BCUT2D eigenvalue weighted by atomic mass is 16.5. The summed E-state index contributed by atoms with van der Waals surface area (Å²) in [6.07, 6.45) is 8.27. The second-order valence-corrected chi connectivity index (χ2v) is 7.46. The molecule has 2 amide bonds. The zero-order valence-electron chi connectivity index (χ0n) is 14.6. The lowest BCUT2D eigenvalue weighted by atomic mass is 10.0. The molecule has 0 aromatic carbocycles. The monoisotopic (exact) mass is 337 g/mol. The Hall–Kier alpha value is -1.14. The number of nitrogens with zero attached hydrogens (tertiary/aromatic N) is 2. The van der Waals surface area contributed by atoms with Gasteiger partial charge in [-0.15, -0.1) is 0 Å². The molecule has 136 valence electrons. The van der Waals surface area contributed by atoms with Crippen molar-refractivity contribution in [3.63, 3.8) is 0 Å². The van der Waals surface area contributed by atoms with Crippen LogP contribution in [0.25, 0.3) is 0 Å². The number of ether oxygens (including phenoxy) is 1. The van der Waals surface area contributed by atoms with Gasteiger partial charge in [0, 0.05) is 39.1 Å². The highest BCUT2D eigenvalue weighted by molar-refractivity contribution is 5.82. The first kappa shape index (κ1) is 17.7. The van der Waals surface area contributed by atoms with Crippen molar-refractivity contribution in [2.75, 3.05) is 32.7 Å². The van der Waals surface area contributed by atoms with E-state index in [0.29, 0.717) is 39.1 Å². The molecular weight excluding hydrogens is 306 g/mol. The molecule has 2 atom stereocenters. The maximum atomic E-state index is 12.5. The molecule has 2 heterocycles. The fourth-order valence-electron chi connectivity index (χ4n) is 4.23. The lowest BCUT2D eigenvalue weighted by molar-refractivity contribution is -0.147. The number of carbonyl (C=O) groups excluding carboxylic acids is 2. The molecule has 0 radical (unpaired) electrons. The topological polar surface area (TPSA) is 75.9 Å². The third-order valence-electron chi connectivity index (χ3n) is 5.83. The molecule has 2 aliphatic heterocycles. The van der Waals surface area contributed by atoms with Crippen LogP contribution in [-0.2, 0) is 14.3 Å². The van der Waals surface area contributed by atoms with Gasteiger partial charge in [0.15, 0.2) is 0 Å². The van der Waals surface area contributed by atoms with Crippen molar-refractivity contribution in [1.82, 2.24) is 9.80 Å². The Morgan fingerprint density at radius 2 is 1.62 bits per heavy atom. The fraction of sp³-hybridized carbons (Fsp3) is 0.889. The van der Waals surface area contributed by atoms with Crippen LogP contribution in [0, 0.1) is 5.92 Å². The van der Waals surface area contributed by atoms with Gasteiger partial charge in [-0.2, -0.15) is 0 Å². The van der Waals surface area contributed by atoms with Gasteiger partial charge in [-0.1, -0.05) is 25.7 Å². The van der Waals surface area contributed by atoms with Crippen LogP contribution in [0.15, 0.2) is 0 Å². The average Bonchev–Trinajstić information content (AvgIpc) is 3.30. The summed E-state index contributed by atoms with van der Waals surface area (Å²) in [5.74, 6) is 1.09. The molecule has 3 fully saturated rings. The minimum atomic E-state index is -0.330. The molecule has 0 aromatic rings. The fourth-order valence-corrected chi connectivity index (χ4v) is 4.23. The molecule has 0 bridgehead atoms. The Kier molecular flexibility index (Phi) is 6.11. The van der Waals surface area contributed by atoms with Gasteiger partial charge in [0.05, 0.1) is 6.10 Å². The third kappa shape index (κ3) is 4.28. The second-order valence-electron chi connectivity index (χ2n) is 7.46. The molecule has 2 N–H and O–H groups in total. The second kappa shape index (κ2) is 8.30. The van der Waals surface area contributed by atoms with Gasteiger partial charge >= 0.3 is 0 Å². The summed E-state index contributed by atoms with van der Waals surface area (Å²) in [4.78, 5) is 28.6. The van der Waals surface area contributed by atoms with E-state index in [-0.39, 0.29) is 24.0 Å². The molecule has 0 spiro atoms. The highest BCUT2D eigenvalue weighted by Gasteiger charge is 2.34. The first-order chi connectivity index (χ1) is 11.7. The normalized spacial score (nSPS) is 28.5. The SMILES string of the molecule is NC[C@H]1CC[C@@H](C(=O)N2CCN(C(=O)CCC3CCCC3)CC2)O1. The van der Waals surface area contributed by atoms with Gasteiger partial charge in [-0.25, -0.2) is 0 Å². The Labute approximate surface area is 144 Å². The predicted molar refractivity (Wildman–Crippen MR) is 91.3 cm³/mol. The molecule has 0 aromatic heterocycles. The van der Waals surface area contributed by atoms with Crippen molar-refractivity contribution in [3.8, 4) is 0 Å². The summed E-state index contributed by atoms with van der Waals surface area (Å²) in [5, 5.41) is 0. The summed E-state index contributed by atoms with van der Waals surface area (Å²) in [5.41, 5.74) is 5.61. The zero-order chi connectivity index (χ0) is 16.9. The highest BCUT2D eigenvalue weighted by Crippen LogP contribution is 2.28. The first-order valence-corrected chi connectivity index (χ1v) is 9.59. The summed E-state index contributed by atoms with van der Waals surface area (Å²) in [7, 11) is 0. The maximum absolute atomic E-state index is 12.5. The van der Waals surface area contributed by atoms with Gasteiger partial charge in [0.1, 0.15) is 6.10 Å². The van der Waals surface area contributed by atoms with Crippen LogP contribution in [0.3, 0.4) is 0 Å². The summed E-state index contributed by atoms with van der Waals surface area (Å²) < 4.78 is 5.70. The van der Waals surface area contributed by atoms with E-state index in [2.05, 4.69) is 0 Å². The average molecular weight is 337 g/mol. The van der Waals surface area contributed by atoms with E-state index in [4.69, 9.17) is 10.5 Å². The number of piperazine rings is 1. The number of carbonyl (C=O) groups is 2. The molecule has 1 aliphatic carbocycles. The van der Waals surface area contributed by atoms with Crippen LogP contribution in [0.4, 0.5) is 0 Å². The van der Waals surface area contributed by atoms with E-state index in [9.17, 15) is 9.59 Å². The van der Waals surface area contributed by atoms with Gasteiger partial charge in [0.25, 0.3) is 5.91 Å². The summed E-state index contributed by atoms with van der Waals surface area (Å²) in [6, 6.07) is 0. The van der Waals surface area contributed by atoms with Gasteiger partial charge < -0.3 is 20.3 Å². The van der Waals surface area contributed by atoms with Crippen molar-refractivity contribution in [1.29, 1.82) is 0 Å². The minimum absolute atomic E-state index is 0.0254. The van der Waals surface area contributed by atoms with Crippen molar-refractivity contribution in [3.05, 3.63) is 0 Å². The van der Waals surface area contributed by atoms with Crippen LogP contribution < -0.4 is 5.73 Å². The first-order valence-electron chi connectivity index (χ1n) is 9.59. The Morgan fingerprint density at radius 3 is 2.25 bits per heavy atom. The molecule has 6 heteroatoms. The number of rotatable bonds is 5. The van der Waals surface area contributed by atoms with E-state index in [1.807, 2.05) is 9.80 Å². The third-order valence-corrected chi connectivity index (χ3v) is 5.83. The zero-order valence-corrected chi connectivity index (χ0v) is 14.6.